The van der Waals surface area contributed by atoms with Crippen molar-refractivity contribution in [1.29, 1.82) is 0 Å². The van der Waals surface area contributed by atoms with E-state index in [2.05, 4.69) is 17.3 Å². The normalized spacial score (nSPS) is 39.4. The number of hydrogen-bond acceptors (Lipinski definition) is 3. The molecule has 4 fully saturated rings. The molecule has 2 N–H and O–H groups in total. The molecule has 154 valence electrons. The zero-order valence-electron chi connectivity index (χ0n) is 15.9. The zero-order chi connectivity index (χ0) is 19.8. The van der Waals surface area contributed by atoms with Crippen molar-refractivity contribution in [3.05, 3.63) is 17.5 Å². The first-order chi connectivity index (χ1) is 13.1. The summed E-state index contributed by atoms with van der Waals surface area (Å²) in [6.45, 7) is 2.32. The second kappa shape index (κ2) is 5.97. The molecule has 1 amide bonds. The van der Waals surface area contributed by atoms with E-state index in [1.807, 2.05) is 0 Å². The van der Waals surface area contributed by atoms with E-state index in [0.717, 1.165) is 43.0 Å². The van der Waals surface area contributed by atoms with E-state index in [-0.39, 0.29) is 35.9 Å². The highest BCUT2D eigenvalue weighted by molar-refractivity contribution is 5.95. The molecule has 28 heavy (non-hydrogen) atoms. The Hall–Kier alpha value is -1.57. The van der Waals surface area contributed by atoms with Crippen LogP contribution in [0.15, 0.2) is 6.20 Å². The molecule has 8 heteroatoms. The first kappa shape index (κ1) is 18.5. The number of aromatic nitrogens is 2. The van der Waals surface area contributed by atoms with Crippen LogP contribution in [0, 0.1) is 29.6 Å². The Labute approximate surface area is 161 Å². The Morgan fingerprint density at radius 3 is 2.68 bits per heavy atom. The molecule has 4 aliphatic rings. The number of carbonyl (C=O) groups is 1. The topological polar surface area (TPSA) is 67.2 Å². The molecule has 4 saturated carbocycles. The highest BCUT2D eigenvalue weighted by Gasteiger charge is 2.62. The van der Waals surface area contributed by atoms with Crippen molar-refractivity contribution < 1.29 is 23.1 Å². The zero-order valence-corrected chi connectivity index (χ0v) is 15.9. The van der Waals surface area contributed by atoms with Crippen molar-refractivity contribution >= 4 is 5.91 Å². The molecule has 0 aromatic carbocycles. The van der Waals surface area contributed by atoms with Gasteiger partial charge in [-0.25, -0.2) is 0 Å². The summed E-state index contributed by atoms with van der Waals surface area (Å²) in [6.07, 6.45) is 1.34. The summed E-state index contributed by atoms with van der Waals surface area (Å²) in [5.41, 5.74) is -1.99. The number of carbonyl (C=O) groups excluding carboxylic acids is 1. The summed E-state index contributed by atoms with van der Waals surface area (Å²) in [5.74, 6) is 0.682. The minimum absolute atomic E-state index is 0.151. The van der Waals surface area contributed by atoms with Crippen LogP contribution in [-0.4, -0.2) is 32.4 Å². The monoisotopic (exact) mass is 397 g/mol. The molecule has 4 aliphatic carbocycles. The maximum absolute atomic E-state index is 13.7. The van der Waals surface area contributed by atoms with Gasteiger partial charge in [0.1, 0.15) is 0 Å². The van der Waals surface area contributed by atoms with Crippen LogP contribution in [0.3, 0.4) is 0 Å². The van der Waals surface area contributed by atoms with E-state index in [1.54, 1.807) is 0 Å². The number of hydrogen-bond donors (Lipinski definition) is 2. The number of nitrogens with one attached hydrogen (secondary N) is 1. The number of nitrogens with zero attached hydrogens (tertiary/aromatic N) is 2. The van der Waals surface area contributed by atoms with Gasteiger partial charge in [0.05, 0.1) is 17.4 Å². The van der Waals surface area contributed by atoms with Crippen molar-refractivity contribution in [2.45, 2.75) is 69.8 Å². The SMILES string of the molecule is CC1CC2C3C[C@@](O)(C1)CC3[C@H]2NC(=O)c1cnn(CC2CC2)c1C(F)(F)F. The van der Waals surface area contributed by atoms with Gasteiger partial charge in [0.25, 0.3) is 5.91 Å². The molecule has 6 atom stereocenters. The highest BCUT2D eigenvalue weighted by Crippen LogP contribution is 2.61. The third-order valence-corrected chi connectivity index (χ3v) is 7.44. The van der Waals surface area contributed by atoms with Crippen LogP contribution in [0.4, 0.5) is 13.2 Å². The van der Waals surface area contributed by atoms with Crippen molar-refractivity contribution in [1.82, 2.24) is 15.1 Å². The van der Waals surface area contributed by atoms with Crippen molar-refractivity contribution in [2.24, 2.45) is 29.6 Å². The van der Waals surface area contributed by atoms with Gasteiger partial charge in [-0.15, -0.1) is 0 Å². The lowest BCUT2D eigenvalue weighted by atomic mass is 9.59. The Bertz CT molecular complexity index is 803. The summed E-state index contributed by atoms with van der Waals surface area (Å²) < 4.78 is 41.9. The molecule has 5 nitrogen and oxygen atoms in total. The highest BCUT2D eigenvalue weighted by atomic mass is 19.4. The fourth-order valence-corrected chi connectivity index (χ4v) is 6.23. The van der Waals surface area contributed by atoms with E-state index in [0.29, 0.717) is 18.3 Å². The van der Waals surface area contributed by atoms with E-state index in [1.165, 1.54) is 0 Å². The first-order valence-corrected chi connectivity index (χ1v) is 10.3. The van der Waals surface area contributed by atoms with Crippen LogP contribution in [-0.2, 0) is 12.7 Å². The van der Waals surface area contributed by atoms with Gasteiger partial charge in [-0.3, -0.25) is 9.48 Å². The lowest BCUT2D eigenvalue weighted by Crippen LogP contribution is -2.58. The van der Waals surface area contributed by atoms with Gasteiger partial charge in [0.15, 0.2) is 5.69 Å². The molecule has 2 bridgehead atoms. The first-order valence-electron chi connectivity index (χ1n) is 10.3. The number of amides is 1. The molecular weight excluding hydrogens is 371 g/mol. The van der Waals surface area contributed by atoms with E-state index in [9.17, 15) is 23.1 Å². The lowest BCUT2D eigenvalue weighted by Gasteiger charge is -2.50. The largest absolute Gasteiger partial charge is 0.433 e. The van der Waals surface area contributed by atoms with Crippen LogP contribution in [0.1, 0.15) is 61.5 Å². The summed E-state index contributed by atoms with van der Waals surface area (Å²) in [4.78, 5) is 12.8. The molecule has 0 spiro atoms. The number of alkyl halides is 3. The number of halogens is 3. The summed E-state index contributed by atoms with van der Waals surface area (Å²) in [6, 6.07) is -0.151. The Morgan fingerprint density at radius 1 is 1.29 bits per heavy atom. The van der Waals surface area contributed by atoms with Gasteiger partial charge in [0, 0.05) is 12.6 Å². The molecule has 0 aliphatic heterocycles. The minimum atomic E-state index is -4.62. The second-order valence-electron chi connectivity index (χ2n) is 9.70. The average Bonchev–Trinajstić information content (AvgIpc) is 3.22. The lowest BCUT2D eigenvalue weighted by molar-refractivity contribution is -0.144. The molecule has 4 unspecified atom stereocenters. The summed E-state index contributed by atoms with van der Waals surface area (Å²) in [5, 5.41) is 17.6. The Morgan fingerprint density at radius 2 is 2.00 bits per heavy atom. The predicted octanol–water partition coefficient (Wildman–Crippen LogP) is 3.23. The quantitative estimate of drug-likeness (QED) is 0.820. The smallest absolute Gasteiger partial charge is 0.390 e. The third kappa shape index (κ3) is 2.95. The molecule has 1 aromatic rings. The van der Waals surface area contributed by atoms with E-state index in [4.69, 9.17) is 0 Å². The van der Waals surface area contributed by atoms with Crippen LogP contribution >= 0.6 is 0 Å². The number of rotatable bonds is 4. The van der Waals surface area contributed by atoms with Gasteiger partial charge in [-0.05, 0) is 68.1 Å². The van der Waals surface area contributed by atoms with Crippen molar-refractivity contribution in [3.63, 3.8) is 0 Å². The predicted molar refractivity (Wildman–Crippen MR) is 94.3 cm³/mol. The second-order valence-corrected chi connectivity index (χ2v) is 9.70. The molecular formula is C20H26F3N3O2. The standard InChI is InChI=1S/C20H26F3N3O2/c1-10-4-12-13-6-19(28,5-10)7-14(13)16(12)25-18(27)15-8-24-26(9-11-2-3-11)17(15)20(21,22)23/h8,10-14,16,28H,2-7,9H2,1H3,(H,25,27)/t10?,12?,13?,14?,16-,19-/m0/s1. The molecule has 1 aromatic heterocycles. The van der Waals surface area contributed by atoms with Gasteiger partial charge in [-0.2, -0.15) is 18.3 Å². The average molecular weight is 397 g/mol. The fraction of sp³-hybridized carbons (Fsp3) is 0.800. The molecule has 0 radical (unpaired) electrons. The minimum Gasteiger partial charge on any atom is -0.390 e. The fourth-order valence-electron chi connectivity index (χ4n) is 6.23. The van der Waals surface area contributed by atoms with Crippen LogP contribution in [0.5, 0.6) is 0 Å². The molecule has 0 saturated heterocycles. The molecule has 1 heterocycles. The van der Waals surface area contributed by atoms with Crippen LogP contribution in [0.2, 0.25) is 0 Å². The maximum atomic E-state index is 13.7. The van der Waals surface area contributed by atoms with Gasteiger partial charge < -0.3 is 10.4 Å². The van der Waals surface area contributed by atoms with Crippen molar-refractivity contribution in [2.75, 3.05) is 0 Å². The number of fused-ring (bicyclic) bond motifs is 1. The Balaban J connectivity index is 1.37. The van der Waals surface area contributed by atoms with Crippen LogP contribution < -0.4 is 5.32 Å². The van der Waals surface area contributed by atoms with E-state index >= 15 is 0 Å². The molecule has 5 rings (SSSR count). The third-order valence-electron chi connectivity index (χ3n) is 7.44. The van der Waals surface area contributed by atoms with Crippen LogP contribution in [0.25, 0.3) is 0 Å². The number of aliphatic hydroxyl groups is 1. The Kier molecular flexibility index (Phi) is 3.93. The van der Waals surface area contributed by atoms with Gasteiger partial charge in [0.2, 0.25) is 0 Å². The van der Waals surface area contributed by atoms with Gasteiger partial charge in [-0.1, -0.05) is 6.92 Å². The summed E-state index contributed by atoms with van der Waals surface area (Å²) in [7, 11) is 0. The maximum Gasteiger partial charge on any atom is 0.433 e. The van der Waals surface area contributed by atoms with Crippen molar-refractivity contribution in [3.8, 4) is 0 Å². The summed E-state index contributed by atoms with van der Waals surface area (Å²) >= 11 is 0. The van der Waals surface area contributed by atoms with E-state index < -0.39 is 23.4 Å². The van der Waals surface area contributed by atoms with Gasteiger partial charge >= 0.3 is 6.18 Å².